The van der Waals surface area contributed by atoms with Crippen molar-refractivity contribution in [1.29, 1.82) is 0 Å². The van der Waals surface area contributed by atoms with Gasteiger partial charge >= 0.3 is 0 Å². The van der Waals surface area contributed by atoms with Crippen LogP contribution in [0.3, 0.4) is 0 Å². The van der Waals surface area contributed by atoms with Crippen LogP contribution < -0.4 is 14.8 Å². The number of hydrogen-bond donors (Lipinski definition) is 1. The summed E-state index contributed by atoms with van der Waals surface area (Å²) in [6, 6.07) is 33.6. The van der Waals surface area contributed by atoms with Crippen molar-refractivity contribution in [3.05, 3.63) is 120 Å². The molecule has 0 saturated carbocycles. The summed E-state index contributed by atoms with van der Waals surface area (Å²) in [6.07, 6.45) is 1.78. The standard InChI is InChI=1S/C30H29NO3/c1-33-29-17-9-8-16-27(29)26-19-18-25(34-22-24-13-6-3-7-14-24)21-28(26)30(32)31-20-10-15-23-11-4-2-5-12-23/h2-9,11-14,16-19,21H,10,15,20,22H2,1H3,(H,31,32). The van der Waals surface area contributed by atoms with Gasteiger partial charge in [-0.05, 0) is 53.8 Å². The van der Waals surface area contributed by atoms with E-state index in [4.69, 9.17) is 9.47 Å². The van der Waals surface area contributed by atoms with Crippen LogP contribution in [0.15, 0.2) is 103 Å². The second-order valence-corrected chi connectivity index (χ2v) is 8.03. The first-order valence-electron chi connectivity index (χ1n) is 11.5. The Morgan fingerprint density at radius 2 is 1.44 bits per heavy atom. The van der Waals surface area contributed by atoms with E-state index in [9.17, 15) is 4.79 Å². The number of hydrogen-bond acceptors (Lipinski definition) is 3. The lowest BCUT2D eigenvalue weighted by Gasteiger charge is -2.15. The van der Waals surface area contributed by atoms with Crippen molar-refractivity contribution in [3.8, 4) is 22.6 Å². The van der Waals surface area contributed by atoms with Gasteiger partial charge in [0.05, 0.1) is 12.7 Å². The zero-order valence-corrected chi connectivity index (χ0v) is 19.4. The fraction of sp³-hybridized carbons (Fsp3) is 0.167. The summed E-state index contributed by atoms with van der Waals surface area (Å²) in [5.41, 5.74) is 4.58. The van der Waals surface area contributed by atoms with Crippen molar-refractivity contribution >= 4 is 5.91 Å². The molecule has 1 amide bonds. The lowest BCUT2D eigenvalue weighted by molar-refractivity contribution is 0.0953. The molecule has 4 rings (SSSR count). The molecule has 0 atom stereocenters. The highest BCUT2D eigenvalue weighted by molar-refractivity contribution is 6.02. The zero-order chi connectivity index (χ0) is 23.6. The Kier molecular flexibility index (Phi) is 7.96. The Hall–Kier alpha value is -4.05. The van der Waals surface area contributed by atoms with Gasteiger partial charge in [0.15, 0.2) is 0 Å². The molecule has 4 aromatic rings. The van der Waals surface area contributed by atoms with Gasteiger partial charge in [-0.1, -0.05) is 78.9 Å². The SMILES string of the molecule is COc1ccccc1-c1ccc(OCc2ccccc2)cc1C(=O)NCCCc1ccccc1. The first-order chi connectivity index (χ1) is 16.7. The third-order valence-electron chi connectivity index (χ3n) is 5.65. The number of carbonyl (C=O) groups is 1. The highest BCUT2D eigenvalue weighted by Gasteiger charge is 2.17. The Balaban J connectivity index is 1.52. The lowest BCUT2D eigenvalue weighted by Crippen LogP contribution is -2.25. The molecule has 1 N–H and O–H groups in total. The zero-order valence-electron chi connectivity index (χ0n) is 19.4. The summed E-state index contributed by atoms with van der Waals surface area (Å²) in [7, 11) is 1.64. The predicted molar refractivity (Wildman–Crippen MR) is 136 cm³/mol. The van der Waals surface area contributed by atoms with E-state index in [2.05, 4.69) is 17.4 Å². The third-order valence-corrected chi connectivity index (χ3v) is 5.65. The maximum Gasteiger partial charge on any atom is 0.252 e. The van der Waals surface area contributed by atoms with Crippen LogP contribution in [0.2, 0.25) is 0 Å². The van der Waals surface area contributed by atoms with Crippen LogP contribution in [0, 0.1) is 0 Å². The van der Waals surface area contributed by atoms with Crippen molar-refractivity contribution in [2.75, 3.05) is 13.7 Å². The highest BCUT2D eigenvalue weighted by Crippen LogP contribution is 2.34. The Labute approximate surface area is 201 Å². The second-order valence-electron chi connectivity index (χ2n) is 8.03. The van der Waals surface area contributed by atoms with Gasteiger partial charge in [-0.15, -0.1) is 0 Å². The van der Waals surface area contributed by atoms with Gasteiger partial charge in [0, 0.05) is 12.1 Å². The van der Waals surface area contributed by atoms with E-state index in [0.29, 0.717) is 24.5 Å². The van der Waals surface area contributed by atoms with E-state index in [1.54, 1.807) is 7.11 Å². The quantitative estimate of drug-likeness (QED) is 0.288. The summed E-state index contributed by atoms with van der Waals surface area (Å²) in [6.45, 7) is 1.03. The Morgan fingerprint density at radius 1 is 0.765 bits per heavy atom. The molecule has 4 nitrogen and oxygen atoms in total. The molecule has 0 aromatic heterocycles. The second kappa shape index (κ2) is 11.7. The van der Waals surface area contributed by atoms with E-state index < -0.39 is 0 Å². The molecule has 0 fully saturated rings. The Morgan fingerprint density at radius 3 is 2.18 bits per heavy atom. The van der Waals surface area contributed by atoms with Gasteiger partial charge in [0.1, 0.15) is 18.1 Å². The molecule has 172 valence electrons. The van der Waals surface area contributed by atoms with Crippen LogP contribution in [0.1, 0.15) is 27.9 Å². The molecule has 4 aromatic carbocycles. The fourth-order valence-electron chi connectivity index (χ4n) is 3.88. The minimum Gasteiger partial charge on any atom is -0.496 e. The number of aryl methyl sites for hydroxylation is 1. The fourth-order valence-corrected chi connectivity index (χ4v) is 3.88. The molecule has 0 saturated heterocycles. The normalized spacial score (nSPS) is 10.5. The topological polar surface area (TPSA) is 47.6 Å². The molecule has 0 bridgehead atoms. The number of para-hydroxylation sites is 1. The molecule has 0 aliphatic rings. The minimum atomic E-state index is -0.126. The molecule has 0 unspecified atom stereocenters. The van der Waals surface area contributed by atoms with Crippen LogP contribution in [0.25, 0.3) is 11.1 Å². The van der Waals surface area contributed by atoms with Gasteiger partial charge in [-0.3, -0.25) is 4.79 Å². The molecule has 0 heterocycles. The van der Waals surface area contributed by atoms with Crippen LogP contribution in [-0.2, 0) is 13.0 Å². The summed E-state index contributed by atoms with van der Waals surface area (Å²) in [5.74, 6) is 1.25. The molecule has 34 heavy (non-hydrogen) atoms. The summed E-state index contributed by atoms with van der Waals surface area (Å²) < 4.78 is 11.6. The molecular weight excluding hydrogens is 422 g/mol. The third kappa shape index (κ3) is 6.04. The monoisotopic (exact) mass is 451 g/mol. The number of nitrogens with one attached hydrogen (secondary N) is 1. The van der Waals surface area contributed by atoms with Gasteiger partial charge in [0.25, 0.3) is 5.91 Å². The first-order valence-corrected chi connectivity index (χ1v) is 11.5. The highest BCUT2D eigenvalue weighted by atomic mass is 16.5. The molecule has 0 spiro atoms. The van der Waals surface area contributed by atoms with Crippen LogP contribution in [-0.4, -0.2) is 19.6 Å². The lowest BCUT2D eigenvalue weighted by atomic mass is 9.97. The predicted octanol–water partition coefficient (Wildman–Crippen LogP) is 6.30. The van der Waals surface area contributed by atoms with Crippen LogP contribution in [0.4, 0.5) is 0 Å². The summed E-state index contributed by atoms with van der Waals surface area (Å²) in [4.78, 5) is 13.3. The van der Waals surface area contributed by atoms with Gasteiger partial charge < -0.3 is 14.8 Å². The largest absolute Gasteiger partial charge is 0.496 e. The van der Waals surface area contributed by atoms with E-state index in [1.165, 1.54) is 5.56 Å². The molecule has 4 heteroatoms. The van der Waals surface area contributed by atoms with Crippen molar-refractivity contribution in [2.24, 2.45) is 0 Å². The minimum absolute atomic E-state index is 0.126. The van der Waals surface area contributed by atoms with Gasteiger partial charge in [-0.2, -0.15) is 0 Å². The van der Waals surface area contributed by atoms with E-state index in [1.807, 2.05) is 91.0 Å². The average molecular weight is 452 g/mol. The van der Waals surface area contributed by atoms with Crippen molar-refractivity contribution in [2.45, 2.75) is 19.4 Å². The van der Waals surface area contributed by atoms with E-state index in [-0.39, 0.29) is 5.91 Å². The van der Waals surface area contributed by atoms with Crippen LogP contribution in [0.5, 0.6) is 11.5 Å². The Bertz CT molecular complexity index is 1210. The molecule has 0 aliphatic carbocycles. The van der Waals surface area contributed by atoms with E-state index >= 15 is 0 Å². The number of ether oxygens (including phenoxy) is 2. The molecular formula is C30H29NO3. The maximum atomic E-state index is 13.3. The number of amides is 1. The number of benzene rings is 4. The summed E-state index contributed by atoms with van der Waals surface area (Å²) >= 11 is 0. The molecule has 0 aliphatic heterocycles. The number of carbonyl (C=O) groups excluding carboxylic acids is 1. The molecule has 0 radical (unpaired) electrons. The summed E-state index contributed by atoms with van der Waals surface area (Å²) in [5, 5.41) is 3.08. The van der Waals surface area contributed by atoms with Crippen molar-refractivity contribution in [1.82, 2.24) is 5.32 Å². The van der Waals surface area contributed by atoms with Crippen LogP contribution >= 0.6 is 0 Å². The number of rotatable bonds is 10. The smallest absolute Gasteiger partial charge is 0.252 e. The average Bonchev–Trinajstić information content (AvgIpc) is 2.91. The van der Waals surface area contributed by atoms with Gasteiger partial charge in [-0.25, -0.2) is 0 Å². The van der Waals surface area contributed by atoms with Crippen molar-refractivity contribution in [3.63, 3.8) is 0 Å². The van der Waals surface area contributed by atoms with Crippen molar-refractivity contribution < 1.29 is 14.3 Å². The number of methoxy groups -OCH3 is 1. The van der Waals surface area contributed by atoms with Gasteiger partial charge in [0.2, 0.25) is 0 Å². The maximum absolute atomic E-state index is 13.3. The first kappa shape index (κ1) is 23.1. The van der Waals surface area contributed by atoms with E-state index in [0.717, 1.165) is 35.3 Å².